The third-order valence-corrected chi connectivity index (χ3v) is 2.07. The first-order chi connectivity index (χ1) is 7.49. The molecule has 0 spiro atoms. The minimum atomic E-state index is -0.248. The van der Waals surface area contributed by atoms with E-state index in [0.717, 1.165) is 0 Å². The average Bonchev–Trinajstić information content (AvgIpc) is 2.20. The molecule has 3 N–H and O–H groups in total. The van der Waals surface area contributed by atoms with E-state index in [1.165, 1.54) is 0 Å². The van der Waals surface area contributed by atoms with E-state index in [0.29, 0.717) is 16.4 Å². The second-order valence-electron chi connectivity index (χ2n) is 3.64. The Kier molecular flexibility index (Phi) is 4.58. The van der Waals surface area contributed by atoms with E-state index in [2.05, 4.69) is 5.32 Å². The SMILES string of the molecule is CC(C)OCC(=O)Nc1cc(Cl)ccc1N. The van der Waals surface area contributed by atoms with Crippen molar-refractivity contribution in [1.82, 2.24) is 0 Å². The Morgan fingerprint density at radius 2 is 2.25 bits per heavy atom. The fourth-order valence-corrected chi connectivity index (χ4v) is 1.24. The number of ether oxygens (including phenoxy) is 1. The van der Waals surface area contributed by atoms with Crippen molar-refractivity contribution in [2.75, 3.05) is 17.7 Å². The minimum Gasteiger partial charge on any atom is -0.397 e. The van der Waals surface area contributed by atoms with Gasteiger partial charge >= 0.3 is 0 Å². The summed E-state index contributed by atoms with van der Waals surface area (Å²) in [5, 5.41) is 3.16. The number of carbonyl (C=O) groups is 1. The number of hydrogen-bond donors (Lipinski definition) is 2. The summed E-state index contributed by atoms with van der Waals surface area (Å²) in [5.74, 6) is -0.248. The van der Waals surface area contributed by atoms with Crippen LogP contribution in [-0.2, 0) is 9.53 Å². The van der Waals surface area contributed by atoms with Crippen LogP contribution in [0.2, 0.25) is 5.02 Å². The zero-order valence-corrected chi connectivity index (χ0v) is 10.0. The van der Waals surface area contributed by atoms with Crippen LogP contribution in [0.25, 0.3) is 0 Å². The van der Waals surface area contributed by atoms with Crippen LogP contribution >= 0.6 is 11.6 Å². The standard InChI is InChI=1S/C11H15ClN2O2/c1-7(2)16-6-11(15)14-10-5-8(12)3-4-9(10)13/h3-5,7H,6,13H2,1-2H3,(H,14,15). The lowest BCUT2D eigenvalue weighted by Gasteiger charge is -2.10. The number of halogens is 1. The van der Waals surface area contributed by atoms with Crippen LogP contribution in [-0.4, -0.2) is 18.6 Å². The number of nitrogen functional groups attached to an aromatic ring is 1. The summed E-state index contributed by atoms with van der Waals surface area (Å²) in [4.78, 5) is 11.4. The number of rotatable bonds is 4. The summed E-state index contributed by atoms with van der Waals surface area (Å²) in [6.45, 7) is 3.73. The lowest BCUT2D eigenvalue weighted by Crippen LogP contribution is -2.21. The Hall–Kier alpha value is -1.26. The maximum atomic E-state index is 11.4. The Morgan fingerprint density at radius 3 is 2.88 bits per heavy atom. The molecule has 0 saturated carbocycles. The molecule has 1 rings (SSSR count). The molecule has 0 aliphatic rings. The summed E-state index contributed by atoms with van der Waals surface area (Å²) in [6.07, 6.45) is 0.0162. The molecular weight excluding hydrogens is 228 g/mol. The van der Waals surface area contributed by atoms with Gasteiger partial charge in [0.1, 0.15) is 6.61 Å². The fourth-order valence-electron chi connectivity index (χ4n) is 1.07. The second-order valence-corrected chi connectivity index (χ2v) is 4.08. The quantitative estimate of drug-likeness (QED) is 0.797. The third kappa shape index (κ3) is 4.08. The van der Waals surface area contributed by atoms with Gasteiger partial charge in [-0.1, -0.05) is 11.6 Å². The molecule has 0 aliphatic heterocycles. The molecule has 5 heteroatoms. The predicted molar refractivity (Wildman–Crippen MR) is 65.6 cm³/mol. The van der Waals surface area contributed by atoms with E-state index < -0.39 is 0 Å². The van der Waals surface area contributed by atoms with Crippen molar-refractivity contribution in [2.45, 2.75) is 20.0 Å². The van der Waals surface area contributed by atoms with Gasteiger partial charge in [-0.05, 0) is 32.0 Å². The van der Waals surface area contributed by atoms with E-state index >= 15 is 0 Å². The summed E-state index contributed by atoms with van der Waals surface area (Å²) in [7, 11) is 0. The first kappa shape index (κ1) is 12.8. The van der Waals surface area contributed by atoms with Crippen LogP contribution in [0.4, 0.5) is 11.4 Å². The molecular formula is C11H15ClN2O2. The van der Waals surface area contributed by atoms with Crippen molar-refractivity contribution in [1.29, 1.82) is 0 Å². The van der Waals surface area contributed by atoms with Gasteiger partial charge in [0.05, 0.1) is 17.5 Å². The lowest BCUT2D eigenvalue weighted by atomic mass is 10.2. The van der Waals surface area contributed by atoms with Gasteiger partial charge < -0.3 is 15.8 Å². The number of carbonyl (C=O) groups excluding carboxylic acids is 1. The van der Waals surface area contributed by atoms with E-state index in [1.807, 2.05) is 13.8 Å². The lowest BCUT2D eigenvalue weighted by molar-refractivity contribution is -0.121. The molecule has 0 radical (unpaired) electrons. The number of nitrogens with one attached hydrogen (secondary N) is 1. The van der Waals surface area contributed by atoms with Gasteiger partial charge in [0.15, 0.2) is 0 Å². The van der Waals surface area contributed by atoms with Gasteiger partial charge in [-0.3, -0.25) is 4.79 Å². The highest BCUT2D eigenvalue weighted by atomic mass is 35.5. The van der Waals surface area contributed by atoms with Crippen LogP contribution in [0.3, 0.4) is 0 Å². The number of amides is 1. The van der Waals surface area contributed by atoms with E-state index in [4.69, 9.17) is 22.1 Å². The predicted octanol–water partition coefficient (Wildman–Crippen LogP) is 2.29. The molecule has 0 bridgehead atoms. The van der Waals surface area contributed by atoms with Crippen LogP contribution in [0, 0.1) is 0 Å². The molecule has 0 aliphatic carbocycles. The second kappa shape index (κ2) is 5.72. The number of nitrogens with two attached hydrogens (primary N) is 1. The van der Waals surface area contributed by atoms with Crippen LogP contribution in [0.5, 0.6) is 0 Å². The van der Waals surface area contributed by atoms with Gasteiger partial charge in [-0.15, -0.1) is 0 Å². The van der Waals surface area contributed by atoms with Crippen molar-refractivity contribution in [3.63, 3.8) is 0 Å². The van der Waals surface area contributed by atoms with Crippen LogP contribution in [0.1, 0.15) is 13.8 Å². The topological polar surface area (TPSA) is 64.3 Å². The maximum absolute atomic E-state index is 11.4. The van der Waals surface area contributed by atoms with Crippen molar-refractivity contribution >= 4 is 28.9 Å². The molecule has 0 aromatic heterocycles. The molecule has 0 unspecified atom stereocenters. The van der Waals surface area contributed by atoms with Crippen LogP contribution < -0.4 is 11.1 Å². The Bertz CT molecular complexity index is 380. The molecule has 0 atom stereocenters. The van der Waals surface area contributed by atoms with Crippen molar-refractivity contribution < 1.29 is 9.53 Å². The smallest absolute Gasteiger partial charge is 0.250 e. The van der Waals surface area contributed by atoms with Gasteiger partial charge in [0.25, 0.3) is 0 Å². The number of benzene rings is 1. The zero-order valence-electron chi connectivity index (χ0n) is 9.29. The van der Waals surface area contributed by atoms with Crippen molar-refractivity contribution in [3.8, 4) is 0 Å². The highest BCUT2D eigenvalue weighted by Crippen LogP contribution is 2.22. The summed E-state index contributed by atoms with van der Waals surface area (Å²) < 4.78 is 5.16. The molecule has 88 valence electrons. The highest BCUT2D eigenvalue weighted by molar-refractivity contribution is 6.31. The Balaban J connectivity index is 2.59. The third-order valence-electron chi connectivity index (χ3n) is 1.84. The molecule has 16 heavy (non-hydrogen) atoms. The van der Waals surface area contributed by atoms with Crippen molar-refractivity contribution in [2.24, 2.45) is 0 Å². The summed E-state index contributed by atoms with van der Waals surface area (Å²) in [6, 6.07) is 4.91. The highest BCUT2D eigenvalue weighted by Gasteiger charge is 2.06. The maximum Gasteiger partial charge on any atom is 0.250 e. The number of anilines is 2. The number of hydrogen-bond acceptors (Lipinski definition) is 3. The zero-order chi connectivity index (χ0) is 12.1. The Labute approximate surface area is 99.7 Å². The molecule has 1 aromatic rings. The summed E-state index contributed by atoms with van der Waals surface area (Å²) in [5.41, 5.74) is 6.66. The van der Waals surface area contributed by atoms with Crippen LogP contribution in [0.15, 0.2) is 18.2 Å². The molecule has 0 saturated heterocycles. The van der Waals surface area contributed by atoms with Gasteiger partial charge in [-0.2, -0.15) is 0 Å². The molecule has 1 aromatic carbocycles. The van der Waals surface area contributed by atoms with Gasteiger partial charge in [0.2, 0.25) is 5.91 Å². The fraction of sp³-hybridized carbons (Fsp3) is 0.364. The molecule has 1 amide bonds. The first-order valence-corrected chi connectivity index (χ1v) is 5.33. The van der Waals surface area contributed by atoms with Gasteiger partial charge in [-0.25, -0.2) is 0 Å². The normalized spacial score (nSPS) is 10.5. The molecule has 4 nitrogen and oxygen atoms in total. The van der Waals surface area contributed by atoms with Crippen molar-refractivity contribution in [3.05, 3.63) is 23.2 Å². The first-order valence-electron chi connectivity index (χ1n) is 4.95. The molecule has 0 fully saturated rings. The van der Waals surface area contributed by atoms with E-state index in [1.54, 1.807) is 18.2 Å². The molecule has 0 heterocycles. The summed E-state index contributed by atoms with van der Waals surface area (Å²) >= 11 is 5.79. The Morgan fingerprint density at radius 1 is 1.56 bits per heavy atom. The van der Waals surface area contributed by atoms with E-state index in [9.17, 15) is 4.79 Å². The van der Waals surface area contributed by atoms with E-state index in [-0.39, 0.29) is 18.6 Å². The average molecular weight is 243 g/mol. The minimum absolute atomic E-state index is 0.00359. The van der Waals surface area contributed by atoms with Gasteiger partial charge in [0, 0.05) is 5.02 Å². The monoisotopic (exact) mass is 242 g/mol. The largest absolute Gasteiger partial charge is 0.397 e.